The van der Waals surface area contributed by atoms with Crippen LogP contribution < -0.4 is 0 Å². The molecule has 0 saturated carbocycles. The molecule has 98 valence electrons. The molecule has 3 heteroatoms. The van der Waals surface area contributed by atoms with Gasteiger partial charge in [0.2, 0.25) is 0 Å². The van der Waals surface area contributed by atoms with Gasteiger partial charge in [0.25, 0.3) is 0 Å². The molecule has 0 radical (unpaired) electrons. The molecule has 1 aliphatic heterocycles. The van der Waals surface area contributed by atoms with Crippen LogP contribution in [0.15, 0.2) is 30.3 Å². The van der Waals surface area contributed by atoms with E-state index in [0.717, 1.165) is 18.7 Å². The van der Waals surface area contributed by atoms with Gasteiger partial charge in [-0.05, 0) is 30.9 Å². The second-order valence-corrected chi connectivity index (χ2v) is 5.31. The van der Waals surface area contributed by atoms with Crippen molar-refractivity contribution in [3.8, 4) is 0 Å². The Hall–Kier alpha value is -1.35. The Morgan fingerprint density at radius 1 is 1.44 bits per heavy atom. The predicted octanol–water partition coefficient (Wildman–Crippen LogP) is 2.59. The smallest absolute Gasteiger partial charge is 0.312 e. The Morgan fingerprint density at radius 2 is 2.17 bits per heavy atom. The molecule has 1 aliphatic rings. The quantitative estimate of drug-likeness (QED) is 0.889. The third kappa shape index (κ3) is 3.33. The van der Waals surface area contributed by atoms with Crippen molar-refractivity contribution < 1.29 is 9.90 Å². The van der Waals surface area contributed by atoms with Gasteiger partial charge in [-0.3, -0.25) is 4.79 Å². The van der Waals surface area contributed by atoms with Crippen LogP contribution >= 0.6 is 0 Å². The number of carbonyl (C=O) groups is 1. The van der Waals surface area contributed by atoms with Crippen LogP contribution in [-0.4, -0.2) is 35.6 Å². The summed E-state index contributed by atoms with van der Waals surface area (Å²) in [5, 5.41) is 9.40. The molecule has 2 rings (SSSR count). The van der Waals surface area contributed by atoms with E-state index in [4.69, 9.17) is 0 Å². The molecular weight excluding hydrogens is 226 g/mol. The predicted molar refractivity (Wildman–Crippen MR) is 71.7 cm³/mol. The van der Waals surface area contributed by atoms with E-state index in [1.165, 1.54) is 12.8 Å². The number of likely N-dealkylation sites (tertiary alicyclic amines) is 1. The number of piperidine rings is 1. The second kappa shape index (κ2) is 6.01. The summed E-state index contributed by atoms with van der Waals surface area (Å²) in [4.78, 5) is 13.7. The van der Waals surface area contributed by atoms with Gasteiger partial charge in [-0.15, -0.1) is 0 Å². The van der Waals surface area contributed by atoms with Gasteiger partial charge in [0, 0.05) is 13.1 Å². The average Bonchev–Trinajstić information content (AvgIpc) is 2.37. The molecule has 2 atom stereocenters. The van der Waals surface area contributed by atoms with Crippen LogP contribution in [0.4, 0.5) is 0 Å². The van der Waals surface area contributed by atoms with E-state index in [2.05, 4.69) is 11.8 Å². The SMILES string of the molecule is CC1CCCN(C[C@@H](C(=O)O)c2ccccc2)C1. The molecule has 1 aromatic carbocycles. The zero-order valence-electron chi connectivity index (χ0n) is 10.9. The average molecular weight is 247 g/mol. The molecule has 1 heterocycles. The van der Waals surface area contributed by atoms with Crippen LogP contribution in [0, 0.1) is 5.92 Å². The lowest BCUT2D eigenvalue weighted by atomic mass is 9.95. The van der Waals surface area contributed by atoms with Crippen molar-refractivity contribution in [1.82, 2.24) is 4.90 Å². The normalized spacial score (nSPS) is 22.6. The maximum absolute atomic E-state index is 11.4. The summed E-state index contributed by atoms with van der Waals surface area (Å²) < 4.78 is 0. The summed E-state index contributed by atoms with van der Waals surface area (Å²) in [5.74, 6) is -0.445. The number of rotatable bonds is 4. The second-order valence-electron chi connectivity index (χ2n) is 5.31. The standard InChI is InChI=1S/C15H21NO2/c1-12-6-5-9-16(10-12)11-14(15(17)18)13-7-3-2-4-8-13/h2-4,7-8,12,14H,5-6,9-11H2,1H3,(H,17,18)/t12?,14-/m1/s1. The molecule has 1 unspecified atom stereocenters. The number of hydrogen-bond acceptors (Lipinski definition) is 2. The van der Waals surface area contributed by atoms with Crippen molar-refractivity contribution in [3.63, 3.8) is 0 Å². The molecule has 1 aromatic rings. The van der Waals surface area contributed by atoms with Crippen LogP contribution in [0.1, 0.15) is 31.2 Å². The van der Waals surface area contributed by atoms with Gasteiger partial charge in [0.15, 0.2) is 0 Å². The first kappa shape index (κ1) is 13.1. The molecule has 1 N–H and O–H groups in total. The number of benzene rings is 1. The van der Waals surface area contributed by atoms with Gasteiger partial charge in [0.1, 0.15) is 0 Å². The van der Waals surface area contributed by atoms with Gasteiger partial charge in [-0.2, -0.15) is 0 Å². The fraction of sp³-hybridized carbons (Fsp3) is 0.533. The summed E-state index contributed by atoms with van der Waals surface area (Å²) in [6, 6.07) is 9.55. The third-order valence-electron chi connectivity index (χ3n) is 3.68. The summed E-state index contributed by atoms with van der Waals surface area (Å²) in [7, 11) is 0. The third-order valence-corrected chi connectivity index (χ3v) is 3.68. The molecular formula is C15H21NO2. The highest BCUT2D eigenvalue weighted by molar-refractivity contribution is 5.76. The topological polar surface area (TPSA) is 40.5 Å². The fourth-order valence-electron chi connectivity index (χ4n) is 2.72. The largest absolute Gasteiger partial charge is 0.481 e. The summed E-state index contributed by atoms with van der Waals surface area (Å²) in [6.07, 6.45) is 2.45. The maximum atomic E-state index is 11.4. The van der Waals surface area contributed by atoms with E-state index < -0.39 is 11.9 Å². The minimum Gasteiger partial charge on any atom is -0.481 e. The summed E-state index contributed by atoms with van der Waals surface area (Å²) in [5.41, 5.74) is 0.906. The minimum absolute atomic E-state index is 0.406. The maximum Gasteiger partial charge on any atom is 0.312 e. The number of carboxylic acid groups (broad SMARTS) is 1. The minimum atomic E-state index is -0.723. The lowest BCUT2D eigenvalue weighted by molar-refractivity contribution is -0.139. The Bertz CT molecular complexity index is 391. The summed E-state index contributed by atoms with van der Waals surface area (Å²) >= 11 is 0. The van der Waals surface area contributed by atoms with Crippen molar-refractivity contribution >= 4 is 5.97 Å². The molecule has 1 fully saturated rings. The monoisotopic (exact) mass is 247 g/mol. The zero-order valence-corrected chi connectivity index (χ0v) is 10.9. The number of nitrogens with zero attached hydrogens (tertiary/aromatic N) is 1. The van der Waals surface area contributed by atoms with Gasteiger partial charge < -0.3 is 10.0 Å². The van der Waals surface area contributed by atoms with E-state index in [9.17, 15) is 9.90 Å². The van der Waals surface area contributed by atoms with Crippen LogP contribution in [0.25, 0.3) is 0 Å². The summed E-state index contributed by atoms with van der Waals surface area (Å²) in [6.45, 7) is 4.92. The van der Waals surface area contributed by atoms with Gasteiger partial charge in [0.05, 0.1) is 5.92 Å². The van der Waals surface area contributed by atoms with Crippen LogP contribution in [0.2, 0.25) is 0 Å². The highest BCUT2D eigenvalue weighted by Crippen LogP contribution is 2.21. The van der Waals surface area contributed by atoms with Crippen LogP contribution in [-0.2, 0) is 4.79 Å². The molecule has 3 nitrogen and oxygen atoms in total. The number of carboxylic acids is 1. The number of aliphatic carboxylic acids is 1. The molecule has 0 aliphatic carbocycles. The van der Waals surface area contributed by atoms with E-state index in [-0.39, 0.29) is 0 Å². The van der Waals surface area contributed by atoms with Crippen molar-refractivity contribution in [2.24, 2.45) is 5.92 Å². The lowest BCUT2D eigenvalue weighted by Crippen LogP contribution is -2.38. The molecule has 18 heavy (non-hydrogen) atoms. The fourth-order valence-corrected chi connectivity index (χ4v) is 2.72. The molecule has 1 saturated heterocycles. The van der Waals surface area contributed by atoms with Crippen LogP contribution in [0.3, 0.4) is 0 Å². The van der Waals surface area contributed by atoms with E-state index in [1.807, 2.05) is 30.3 Å². The van der Waals surface area contributed by atoms with Gasteiger partial charge in [-0.1, -0.05) is 37.3 Å². The zero-order chi connectivity index (χ0) is 13.0. The Labute approximate surface area is 108 Å². The molecule has 0 bridgehead atoms. The highest BCUT2D eigenvalue weighted by atomic mass is 16.4. The Balaban J connectivity index is 2.05. The van der Waals surface area contributed by atoms with Crippen molar-refractivity contribution in [1.29, 1.82) is 0 Å². The molecule has 0 aromatic heterocycles. The highest BCUT2D eigenvalue weighted by Gasteiger charge is 2.25. The first-order valence-corrected chi connectivity index (χ1v) is 6.67. The van der Waals surface area contributed by atoms with Gasteiger partial charge in [-0.25, -0.2) is 0 Å². The van der Waals surface area contributed by atoms with Crippen molar-refractivity contribution in [3.05, 3.63) is 35.9 Å². The van der Waals surface area contributed by atoms with Crippen molar-refractivity contribution in [2.75, 3.05) is 19.6 Å². The van der Waals surface area contributed by atoms with E-state index in [1.54, 1.807) is 0 Å². The molecule has 0 spiro atoms. The van der Waals surface area contributed by atoms with Gasteiger partial charge >= 0.3 is 5.97 Å². The Morgan fingerprint density at radius 3 is 2.78 bits per heavy atom. The molecule has 0 amide bonds. The van der Waals surface area contributed by atoms with Crippen LogP contribution in [0.5, 0.6) is 0 Å². The number of hydrogen-bond donors (Lipinski definition) is 1. The van der Waals surface area contributed by atoms with E-state index >= 15 is 0 Å². The Kier molecular flexibility index (Phi) is 4.37. The first-order valence-electron chi connectivity index (χ1n) is 6.67. The first-order chi connectivity index (χ1) is 8.66. The lowest BCUT2D eigenvalue weighted by Gasteiger charge is -2.32. The van der Waals surface area contributed by atoms with Crippen molar-refractivity contribution in [2.45, 2.75) is 25.7 Å². The van der Waals surface area contributed by atoms with E-state index in [0.29, 0.717) is 12.5 Å².